The van der Waals surface area contributed by atoms with Gasteiger partial charge in [0, 0.05) is 40.3 Å². The van der Waals surface area contributed by atoms with Crippen LogP contribution in [0.1, 0.15) is 17.2 Å². The normalized spacial score (nSPS) is 15.9. The lowest BCUT2D eigenvalue weighted by Crippen LogP contribution is -2.46. The number of guanidine groups is 1. The van der Waals surface area contributed by atoms with Crippen molar-refractivity contribution in [2.45, 2.75) is 12.6 Å². The SMILES string of the molecule is CN=C(NCC(c1ccc(F)cc1)N1CCOCC1)N(C)Cc1ccc(F)cc1.I. The number of hydrogen-bond acceptors (Lipinski definition) is 3. The molecule has 0 amide bonds. The lowest BCUT2D eigenvalue weighted by Gasteiger charge is -2.35. The summed E-state index contributed by atoms with van der Waals surface area (Å²) >= 11 is 0. The third kappa shape index (κ3) is 6.88. The van der Waals surface area contributed by atoms with Gasteiger partial charge in [0.25, 0.3) is 0 Å². The van der Waals surface area contributed by atoms with Gasteiger partial charge in [0.1, 0.15) is 11.6 Å². The van der Waals surface area contributed by atoms with E-state index in [-0.39, 0.29) is 41.7 Å². The summed E-state index contributed by atoms with van der Waals surface area (Å²) in [6, 6.07) is 13.2. The van der Waals surface area contributed by atoms with Gasteiger partial charge in [-0.05, 0) is 35.4 Å². The molecule has 1 heterocycles. The summed E-state index contributed by atoms with van der Waals surface area (Å²) in [7, 11) is 3.69. The predicted molar refractivity (Wildman–Crippen MR) is 126 cm³/mol. The zero-order chi connectivity index (χ0) is 20.6. The molecule has 164 valence electrons. The zero-order valence-corrected chi connectivity index (χ0v) is 19.7. The molecule has 0 spiro atoms. The van der Waals surface area contributed by atoms with Crippen LogP contribution in [0.15, 0.2) is 53.5 Å². The molecule has 1 saturated heterocycles. The smallest absolute Gasteiger partial charge is 0.193 e. The largest absolute Gasteiger partial charge is 0.379 e. The maximum absolute atomic E-state index is 13.4. The van der Waals surface area contributed by atoms with E-state index in [1.807, 2.05) is 24.1 Å². The summed E-state index contributed by atoms with van der Waals surface area (Å²) in [5, 5.41) is 3.44. The van der Waals surface area contributed by atoms with Gasteiger partial charge in [-0.25, -0.2) is 8.78 Å². The van der Waals surface area contributed by atoms with E-state index < -0.39 is 0 Å². The summed E-state index contributed by atoms with van der Waals surface area (Å²) in [6.07, 6.45) is 0. The van der Waals surface area contributed by atoms with Gasteiger partial charge in [-0.15, -0.1) is 24.0 Å². The van der Waals surface area contributed by atoms with E-state index in [2.05, 4.69) is 15.2 Å². The summed E-state index contributed by atoms with van der Waals surface area (Å²) in [6.45, 7) is 4.28. The fourth-order valence-corrected chi connectivity index (χ4v) is 3.54. The molecule has 0 bridgehead atoms. The number of hydrogen-bond donors (Lipinski definition) is 1. The third-order valence-corrected chi connectivity index (χ3v) is 5.10. The average molecular weight is 530 g/mol. The number of halogens is 3. The second kappa shape index (κ2) is 12.2. The maximum atomic E-state index is 13.4. The Morgan fingerprint density at radius 1 is 1.07 bits per heavy atom. The van der Waals surface area contributed by atoms with E-state index in [1.165, 1.54) is 24.3 Å². The Hall–Kier alpha value is -1.78. The minimum absolute atomic E-state index is 0. The van der Waals surface area contributed by atoms with Crippen LogP contribution < -0.4 is 5.32 Å². The highest BCUT2D eigenvalue weighted by atomic mass is 127. The molecule has 1 aliphatic heterocycles. The van der Waals surface area contributed by atoms with Gasteiger partial charge < -0.3 is 15.0 Å². The summed E-state index contributed by atoms with van der Waals surface area (Å²) in [4.78, 5) is 8.72. The number of morpholine rings is 1. The molecule has 0 radical (unpaired) electrons. The number of nitrogens with zero attached hydrogens (tertiary/aromatic N) is 3. The van der Waals surface area contributed by atoms with Crippen molar-refractivity contribution in [3.05, 3.63) is 71.3 Å². The molecule has 2 aromatic carbocycles. The highest BCUT2D eigenvalue weighted by molar-refractivity contribution is 14.0. The van der Waals surface area contributed by atoms with Crippen molar-refractivity contribution in [2.75, 3.05) is 46.9 Å². The molecular weight excluding hydrogens is 501 g/mol. The molecule has 30 heavy (non-hydrogen) atoms. The van der Waals surface area contributed by atoms with E-state index in [0.29, 0.717) is 26.3 Å². The van der Waals surface area contributed by atoms with Gasteiger partial charge in [0.2, 0.25) is 0 Å². The Morgan fingerprint density at radius 3 is 2.20 bits per heavy atom. The fourth-order valence-electron chi connectivity index (χ4n) is 3.54. The Labute approximate surface area is 194 Å². The first-order valence-electron chi connectivity index (χ1n) is 9.80. The summed E-state index contributed by atoms with van der Waals surface area (Å²) in [5.74, 6) is 0.263. The average Bonchev–Trinajstić information content (AvgIpc) is 2.74. The van der Waals surface area contributed by atoms with E-state index >= 15 is 0 Å². The summed E-state index contributed by atoms with van der Waals surface area (Å²) < 4.78 is 32.0. The fraction of sp³-hybridized carbons (Fsp3) is 0.409. The Bertz CT molecular complexity index is 796. The maximum Gasteiger partial charge on any atom is 0.193 e. The molecule has 1 aliphatic rings. The van der Waals surface area contributed by atoms with Crippen LogP contribution in [0.3, 0.4) is 0 Å². The summed E-state index contributed by atoms with van der Waals surface area (Å²) in [5.41, 5.74) is 2.05. The van der Waals surface area contributed by atoms with E-state index in [9.17, 15) is 8.78 Å². The van der Waals surface area contributed by atoms with Crippen LogP contribution >= 0.6 is 24.0 Å². The molecule has 0 aromatic heterocycles. The topological polar surface area (TPSA) is 40.1 Å². The molecule has 2 aromatic rings. The van der Waals surface area contributed by atoms with Gasteiger partial charge >= 0.3 is 0 Å². The molecule has 1 atom stereocenters. The predicted octanol–water partition coefficient (Wildman–Crippen LogP) is 3.66. The lowest BCUT2D eigenvalue weighted by molar-refractivity contribution is 0.0169. The van der Waals surface area contributed by atoms with Gasteiger partial charge in [0.15, 0.2) is 5.96 Å². The van der Waals surface area contributed by atoms with Crippen molar-refractivity contribution >= 4 is 29.9 Å². The van der Waals surface area contributed by atoms with E-state index in [4.69, 9.17) is 4.74 Å². The van der Waals surface area contributed by atoms with Crippen molar-refractivity contribution in [3.63, 3.8) is 0 Å². The first-order chi connectivity index (χ1) is 14.1. The molecule has 3 rings (SSSR count). The Kier molecular flexibility index (Phi) is 9.93. The number of aliphatic imine (C=N–C) groups is 1. The molecule has 1 N–H and O–H groups in total. The van der Waals surface area contributed by atoms with Crippen LogP contribution in [0.5, 0.6) is 0 Å². The third-order valence-electron chi connectivity index (χ3n) is 5.10. The van der Waals surface area contributed by atoms with Crippen LogP contribution in [0, 0.1) is 11.6 Å². The zero-order valence-electron chi connectivity index (χ0n) is 17.4. The lowest BCUT2D eigenvalue weighted by atomic mass is 10.0. The minimum atomic E-state index is -0.244. The minimum Gasteiger partial charge on any atom is -0.379 e. The van der Waals surface area contributed by atoms with E-state index in [1.54, 1.807) is 19.2 Å². The van der Waals surface area contributed by atoms with Crippen LogP contribution in [-0.2, 0) is 11.3 Å². The Balaban J connectivity index is 0.00000320. The molecular formula is C22H29F2IN4O. The molecule has 8 heteroatoms. The van der Waals surface area contributed by atoms with Crippen LogP contribution in [0.25, 0.3) is 0 Å². The number of ether oxygens (including phenoxy) is 1. The van der Waals surface area contributed by atoms with Crippen LogP contribution in [0.2, 0.25) is 0 Å². The van der Waals surface area contributed by atoms with Crippen molar-refractivity contribution < 1.29 is 13.5 Å². The number of rotatable bonds is 6. The van der Waals surface area contributed by atoms with Gasteiger partial charge in [-0.1, -0.05) is 24.3 Å². The first-order valence-corrected chi connectivity index (χ1v) is 9.80. The molecule has 1 unspecified atom stereocenters. The highest BCUT2D eigenvalue weighted by Crippen LogP contribution is 2.22. The van der Waals surface area contributed by atoms with Crippen molar-refractivity contribution in [1.29, 1.82) is 0 Å². The molecule has 5 nitrogen and oxygen atoms in total. The van der Waals surface area contributed by atoms with Crippen molar-refractivity contribution in [1.82, 2.24) is 15.1 Å². The Morgan fingerprint density at radius 2 is 1.63 bits per heavy atom. The standard InChI is InChI=1S/C22H28F2N4O.HI/c1-25-22(27(2)16-17-3-7-19(23)8-4-17)26-15-21(28-11-13-29-14-12-28)18-5-9-20(24)10-6-18;/h3-10,21H,11-16H2,1-2H3,(H,25,26);1H. The van der Waals surface area contributed by atoms with Crippen molar-refractivity contribution in [2.24, 2.45) is 4.99 Å². The quantitative estimate of drug-likeness (QED) is 0.352. The molecule has 0 saturated carbocycles. The first kappa shape index (κ1) is 24.5. The van der Waals surface area contributed by atoms with Crippen LogP contribution in [-0.4, -0.2) is 62.7 Å². The number of benzene rings is 2. The van der Waals surface area contributed by atoms with E-state index in [0.717, 1.165) is 30.2 Å². The number of nitrogens with one attached hydrogen (secondary N) is 1. The van der Waals surface area contributed by atoms with Crippen LogP contribution in [0.4, 0.5) is 8.78 Å². The molecule has 1 fully saturated rings. The van der Waals surface area contributed by atoms with Gasteiger partial charge in [-0.3, -0.25) is 9.89 Å². The molecule has 0 aliphatic carbocycles. The van der Waals surface area contributed by atoms with Gasteiger partial charge in [0.05, 0.1) is 19.3 Å². The second-order valence-electron chi connectivity index (χ2n) is 7.13. The second-order valence-corrected chi connectivity index (χ2v) is 7.13. The van der Waals surface area contributed by atoms with Gasteiger partial charge in [-0.2, -0.15) is 0 Å². The highest BCUT2D eigenvalue weighted by Gasteiger charge is 2.23. The monoisotopic (exact) mass is 530 g/mol. The van der Waals surface area contributed by atoms with Crippen molar-refractivity contribution in [3.8, 4) is 0 Å².